The SMILES string of the molecule is N#Cc1cc(CNC(=O)C2c3ccccc3C(=O)N2CCc2ccccc2)ccc1F. The first-order valence-electron chi connectivity index (χ1n) is 9.98. The predicted octanol–water partition coefficient (Wildman–Crippen LogP) is 3.75. The maximum Gasteiger partial charge on any atom is 0.255 e. The summed E-state index contributed by atoms with van der Waals surface area (Å²) < 4.78 is 13.5. The predicted molar refractivity (Wildman–Crippen MR) is 113 cm³/mol. The molecule has 154 valence electrons. The highest BCUT2D eigenvalue weighted by atomic mass is 19.1. The maximum atomic E-state index is 13.5. The lowest BCUT2D eigenvalue weighted by atomic mass is 10.0. The lowest BCUT2D eigenvalue weighted by molar-refractivity contribution is -0.125. The van der Waals surface area contributed by atoms with Gasteiger partial charge in [-0.2, -0.15) is 5.26 Å². The second kappa shape index (κ2) is 8.80. The number of hydrogen-bond donors (Lipinski definition) is 1. The molecule has 1 unspecified atom stereocenters. The third-order valence-corrected chi connectivity index (χ3v) is 5.41. The number of carbonyl (C=O) groups excluding carboxylic acids is 2. The van der Waals surface area contributed by atoms with Crippen LogP contribution in [0.1, 0.15) is 38.7 Å². The molecule has 0 spiro atoms. The molecular formula is C25H20FN3O2. The van der Waals surface area contributed by atoms with Gasteiger partial charge in [0, 0.05) is 18.7 Å². The molecule has 1 N–H and O–H groups in total. The van der Waals surface area contributed by atoms with Gasteiger partial charge in [0.15, 0.2) is 0 Å². The fourth-order valence-corrected chi connectivity index (χ4v) is 3.83. The van der Waals surface area contributed by atoms with E-state index in [0.29, 0.717) is 29.7 Å². The summed E-state index contributed by atoms with van der Waals surface area (Å²) in [4.78, 5) is 27.7. The highest BCUT2D eigenvalue weighted by molar-refractivity contribution is 6.04. The van der Waals surface area contributed by atoms with E-state index in [2.05, 4.69) is 5.32 Å². The minimum Gasteiger partial charge on any atom is -0.350 e. The molecule has 1 aliphatic rings. The number of nitrogens with one attached hydrogen (secondary N) is 1. The van der Waals surface area contributed by atoms with E-state index in [9.17, 15) is 14.0 Å². The summed E-state index contributed by atoms with van der Waals surface area (Å²) in [5, 5.41) is 11.8. The Morgan fingerprint density at radius 3 is 2.55 bits per heavy atom. The van der Waals surface area contributed by atoms with Gasteiger partial charge < -0.3 is 10.2 Å². The van der Waals surface area contributed by atoms with Gasteiger partial charge in [0.2, 0.25) is 5.91 Å². The standard InChI is InChI=1S/C25H20FN3O2/c26-22-11-10-18(14-19(22)15-27)16-28-24(30)23-20-8-4-5-9-21(20)25(31)29(23)13-12-17-6-2-1-3-7-17/h1-11,14,23H,12-13,16H2,(H,28,30). The third-order valence-electron chi connectivity index (χ3n) is 5.41. The lowest BCUT2D eigenvalue weighted by Crippen LogP contribution is -2.39. The lowest BCUT2D eigenvalue weighted by Gasteiger charge is -2.25. The van der Waals surface area contributed by atoms with Gasteiger partial charge in [-0.3, -0.25) is 9.59 Å². The zero-order valence-corrected chi connectivity index (χ0v) is 16.7. The van der Waals surface area contributed by atoms with Gasteiger partial charge in [-0.1, -0.05) is 54.6 Å². The van der Waals surface area contributed by atoms with Crippen molar-refractivity contribution in [1.29, 1.82) is 5.26 Å². The first-order valence-corrected chi connectivity index (χ1v) is 9.98. The van der Waals surface area contributed by atoms with Crippen molar-refractivity contribution in [2.75, 3.05) is 6.54 Å². The normalized spacial score (nSPS) is 14.8. The van der Waals surface area contributed by atoms with Crippen molar-refractivity contribution in [3.05, 3.63) is 106 Å². The molecule has 0 aliphatic carbocycles. The molecule has 0 aromatic heterocycles. The van der Waals surface area contributed by atoms with E-state index in [0.717, 1.165) is 5.56 Å². The van der Waals surface area contributed by atoms with E-state index >= 15 is 0 Å². The number of rotatable bonds is 6. The number of hydrogen-bond acceptors (Lipinski definition) is 3. The molecule has 1 heterocycles. The van der Waals surface area contributed by atoms with Crippen LogP contribution in [0.2, 0.25) is 0 Å². The summed E-state index contributed by atoms with van der Waals surface area (Å²) in [5.41, 5.74) is 2.83. The Kier molecular flexibility index (Phi) is 5.76. The minimum atomic E-state index is -0.733. The van der Waals surface area contributed by atoms with Gasteiger partial charge in [-0.25, -0.2) is 4.39 Å². The highest BCUT2D eigenvalue weighted by Crippen LogP contribution is 2.33. The summed E-state index contributed by atoms with van der Waals surface area (Å²) in [6.07, 6.45) is 0.633. The summed E-state index contributed by atoms with van der Waals surface area (Å²) in [7, 11) is 0. The van der Waals surface area contributed by atoms with E-state index in [4.69, 9.17) is 5.26 Å². The molecule has 0 saturated carbocycles. The molecule has 0 radical (unpaired) electrons. The van der Waals surface area contributed by atoms with Crippen molar-refractivity contribution in [2.45, 2.75) is 19.0 Å². The molecule has 3 aromatic rings. The Hall–Kier alpha value is -3.98. The maximum absolute atomic E-state index is 13.5. The Balaban J connectivity index is 1.53. The van der Waals surface area contributed by atoms with Crippen LogP contribution in [0.5, 0.6) is 0 Å². The first-order chi connectivity index (χ1) is 15.1. The third kappa shape index (κ3) is 4.17. The van der Waals surface area contributed by atoms with Crippen molar-refractivity contribution >= 4 is 11.8 Å². The molecule has 1 atom stereocenters. The molecule has 3 aromatic carbocycles. The molecule has 31 heavy (non-hydrogen) atoms. The van der Waals surface area contributed by atoms with Crippen molar-refractivity contribution in [1.82, 2.24) is 10.2 Å². The summed E-state index contributed by atoms with van der Waals surface area (Å²) >= 11 is 0. The average molecular weight is 413 g/mol. The Bertz CT molecular complexity index is 1170. The minimum absolute atomic E-state index is 0.0716. The zero-order valence-electron chi connectivity index (χ0n) is 16.7. The molecule has 0 fully saturated rings. The van der Waals surface area contributed by atoms with Gasteiger partial charge in [0.25, 0.3) is 5.91 Å². The zero-order chi connectivity index (χ0) is 21.8. The van der Waals surface area contributed by atoms with Crippen LogP contribution in [0.4, 0.5) is 4.39 Å². The van der Waals surface area contributed by atoms with Gasteiger partial charge in [-0.05, 0) is 41.3 Å². The number of nitrogens with zero attached hydrogens (tertiary/aromatic N) is 2. The van der Waals surface area contributed by atoms with E-state index in [1.165, 1.54) is 18.2 Å². The molecule has 2 amide bonds. The molecule has 6 heteroatoms. The Labute approximate surface area is 179 Å². The van der Waals surface area contributed by atoms with E-state index < -0.39 is 11.9 Å². The van der Waals surface area contributed by atoms with Crippen LogP contribution in [0, 0.1) is 17.1 Å². The van der Waals surface area contributed by atoms with E-state index in [1.54, 1.807) is 29.2 Å². The smallest absolute Gasteiger partial charge is 0.255 e. The Morgan fingerprint density at radius 1 is 1.03 bits per heavy atom. The van der Waals surface area contributed by atoms with Crippen LogP contribution in [0.25, 0.3) is 0 Å². The number of nitriles is 1. The van der Waals surface area contributed by atoms with Crippen molar-refractivity contribution in [2.24, 2.45) is 0 Å². The summed E-state index contributed by atoms with van der Waals surface area (Å²) in [6, 6.07) is 22.1. The largest absolute Gasteiger partial charge is 0.350 e. The molecule has 0 saturated heterocycles. The van der Waals surface area contributed by atoms with Crippen LogP contribution in [0.15, 0.2) is 72.8 Å². The summed E-state index contributed by atoms with van der Waals surface area (Å²) in [5.74, 6) is -1.07. The van der Waals surface area contributed by atoms with Crippen LogP contribution in [0.3, 0.4) is 0 Å². The molecule has 1 aliphatic heterocycles. The number of carbonyl (C=O) groups is 2. The second-order valence-electron chi connectivity index (χ2n) is 7.37. The molecule has 4 rings (SSSR count). The van der Waals surface area contributed by atoms with Gasteiger partial charge in [-0.15, -0.1) is 0 Å². The fourth-order valence-electron chi connectivity index (χ4n) is 3.83. The topological polar surface area (TPSA) is 73.2 Å². The number of amides is 2. The monoisotopic (exact) mass is 413 g/mol. The quantitative estimate of drug-likeness (QED) is 0.669. The van der Waals surface area contributed by atoms with Crippen LogP contribution < -0.4 is 5.32 Å². The molecular weight excluding hydrogens is 393 g/mol. The van der Waals surface area contributed by atoms with Crippen molar-refractivity contribution < 1.29 is 14.0 Å². The van der Waals surface area contributed by atoms with Gasteiger partial charge >= 0.3 is 0 Å². The van der Waals surface area contributed by atoms with Crippen LogP contribution in [-0.4, -0.2) is 23.3 Å². The molecule has 0 bridgehead atoms. The van der Waals surface area contributed by atoms with Gasteiger partial charge in [0.1, 0.15) is 17.9 Å². The number of benzene rings is 3. The van der Waals surface area contributed by atoms with Crippen molar-refractivity contribution in [3.8, 4) is 6.07 Å². The second-order valence-corrected chi connectivity index (χ2v) is 7.37. The number of fused-ring (bicyclic) bond motifs is 1. The highest BCUT2D eigenvalue weighted by Gasteiger charge is 2.40. The first kappa shape index (κ1) is 20.3. The van der Waals surface area contributed by atoms with Gasteiger partial charge in [0.05, 0.1) is 5.56 Å². The van der Waals surface area contributed by atoms with E-state index in [-0.39, 0.29) is 23.9 Å². The van der Waals surface area contributed by atoms with E-state index in [1.807, 2.05) is 36.4 Å². The average Bonchev–Trinajstić information content (AvgIpc) is 3.09. The van der Waals surface area contributed by atoms with Crippen LogP contribution in [-0.2, 0) is 17.8 Å². The van der Waals surface area contributed by atoms with Crippen LogP contribution >= 0.6 is 0 Å². The molecule has 5 nitrogen and oxygen atoms in total. The Morgan fingerprint density at radius 2 is 1.77 bits per heavy atom. The van der Waals surface area contributed by atoms with Crippen molar-refractivity contribution in [3.63, 3.8) is 0 Å². The fraction of sp³-hybridized carbons (Fsp3) is 0.160. The summed E-state index contributed by atoms with van der Waals surface area (Å²) in [6.45, 7) is 0.540. The number of halogens is 1.